The van der Waals surface area contributed by atoms with Crippen molar-refractivity contribution < 1.29 is 28.7 Å². The molecule has 2 rings (SSSR count). The van der Waals surface area contributed by atoms with Crippen molar-refractivity contribution in [2.45, 2.75) is 46.0 Å². The van der Waals surface area contributed by atoms with Crippen LogP contribution in [0.2, 0.25) is 0 Å². The van der Waals surface area contributed by atoms with Crippen LogP contribution in [0.1, 0.15) is 46.0 Å². The summed E-state index contributed by atoms with van der Waals surface area (Å²) in [5, 5.41) is 10.8. The van der Waals surface area contributed by atoms with Gasteiger partial charge in [0.1, 0.15) is 5.75 Å². The number of hydrogen-bond acceptors (Lipinski definition) is 7. The van der Waals surface area contributed by atoms with Gasteiger partial charge >= 0.3 is 11.9 Å². The van der Waals surface area contributed by atoms with E-state index in [0.717, 1.165) is 42.6 Å². The smallest absolute Gasteiger partial charge is 0.320 e. The van der Waals surface area contributed by atoms with E-state index in [9.17, 15) is 19.7 Å². The van der Waals surface area contributed by atoms with Crippen molar-refractivity contribution in [1.29, 1.82) is 0 Å². The Kier molecular flexibility index (Phi) is 10.9. The molecule has 2 aromatic carbocycles. The molecule has 0 radical (unpaired) electrons. The molecule has 178 valence electrons. The third kappa shape index (κ3) is 8.56. The third-order valence-corrected chi connectivity index (χ3v) is 5.06. The van der Waals surface area contributed by atoms with E-state index in [0.29, 0.717) is 13.0 Å². The molecular weight excluding hydrogens is 426 g/mol. The minimum Gasteiger partial charge on any atom is -0.494 e. The fourth-order valence-corrected chi connectivity index (χ4v) is 3.33. The molecule has 0 spiro atoms. The van der Waals surface area contributed by atoms with Gasteiger partial charge in [-0.3, -0.25) is 19.7 Å². The molecule has 0 bridgehead atoms. The van der Waals surface area contributed by atoms with E-state index in [-0.39, 0.29) is 18.9 Å². The second-order valence-electron chi connectivity index (χ2n) is 7.44. The van der Waals surface area contributed by atoms with Crippen LogP contribution in [0.4, 0.5) is 5.69 Å². The van der Waals surface area contributed by atoms with E-state index in [2.05, 4.69) is 0 Å². The first-order chi connectivity index (χ1) is 16.0. The Morgan fingerprint density at radius 3 is 1.85 bits per heavy atom. The number of hydrogen-bond donors (Lipinski definition) is 0. The van der Waals surface area contributed by atoms with E-state index >= 15 is 0 Å². The van der Waals surface area contributed by atoms with Gasteiger partial charge in [-0.1, -0.05) is 31.4 Å². The van der Waals surface area contributed by atoms with Gasteiger partial charge in [0.25, 0.3) is 5.69 Å². The van der Waals surface area contributed by atoms with Crippen molar-refractivity contribution in [3.05, 3.63) is 58.6 Å². The topological polar surface area (TPSA) is 105 Å². The molecule has 0 saturated carbocycles. The maximum Gasteiger partial charge on any atom is 0.320 e. The van der Waals surface area contributed by atoms with E-state index in [1.54, 1.807) is 26.0 Å². The summed E-state index contributed by atoms with van der Waals surface area (Å²) in [6.07, 6.45) is 3.79. The van der Waals surface area contributed by atoms with Crippen LogP contribution in [-0.4, -0.2) is 36.7 Å². The standard InChI is InChI=1S/C25H31NO7/c1-3-31-24(27)23(25(28)32-4-2)9-7-5-6-8-18-33-22-16-12-20(13-17-22)19-10-14-21(15-11-19)26(29)30/h10-17,23H,3-9,18H2,1-2H3. The van der Waals surface area contributed by atoms with Gasteiger partial charge in [-0.2, -0.15) is 0 Å². The molecule has 0 aliphatic carbocycles. The van der Waals surface area contributed by atoms with Gasteiger partial charge in [0.15, 0.2) is 5.92 Å². The zero-order valence-electron chi connectivity index (χ0n) is 19.2. The quantitative estimate of drug-likeness (QED) is 0.124. The van der Waals surface area contributed by atoms with Crippen molar-refractivity contribution in [2.24, 2.45) is 5.92 Å². The molecule has 0 amide bonds. The molecule has 0 aliphatic rings. The van der Waals surface area contributed by atoms with Crippen LogP contribution in [0.3, 0.4) is 0 Å². The maximum absolute atomic E-state index is 12.0. The van der Waals surface area contributed by atoms with Gasteiger partial charge in [0, 0.05) is 12.1 Å². The fourth-order valence-electron chi connectivity index (χ4n) is 3.33. The average molecular weight is 458 g/mol. The molecule has 0 aliphatic heterocycles. The van der Waals surface area contributed by atoms with Gasteiger partial charge in [0.05, 0.1) is 24.7 Å². The van der Waals surface area contributed by atoms with Crippen LogP contribution < -0.4 is 4.74 Å². The second-order valence-corrected chi connectivity index (χ2v) is 7.44. The highest BCUT2D eigenvalue weighted by Crippen LogP contribution is 2.24. The van der Waals surface area contributed by atoms with E-state index in [1.165, 1.54) is 12.1 Å². The number of unbranched alkanes of at least 4 members (excludes halogenated alkanes) is 3. The first-order valence-corrected chi connectivity index (χ1v) is 11.3. The van der Waals surface area contributed by atoms with Crippen molar-refractivity contribution in [3.63, 3.8) is 0 Å². The zero-order chi connectivity index (χ0) is 24.1. The number of ether oxygens (including phenoxy) is 3. The van der Waals surface area contributed by atoms with Crippen molar-refractivity contribution in [2.75, 3.05) is 19.8 Å². The van der Waals surface area contributed by atoms with Gasteiger partial charge in [-0.15, -0.1) is 0 Å². The van der Waals surface area contributed by atoms with Crippen molar-refractivity contribution in [3.8, 4) is 16.9 Å². The first kappa shape index (κ1) is 25.8. The van der Waals surface area contributed by atoms with Crippen LogP contribution >= 0.6 is 0 Å². The maximum atomic E-state index is 12.0. The molecule has 0 aromatic heterocycles. The molecule has 2 aromatic rings. The highest BCUT2D eigenvalue weighted by molar-refractivity contribution is 5.94. The number of nitro benzene ring substituents is 1. The number of nitro groups is 1. The molecule has 0 unspecified atom stereocenters. The zero-order valence-corrected chi connectivity index (χ0v) is 19.2. The third-order valence-electron chi connectivity index (χ3n) is 5.06. The van der Waals surface area contributed by atoms with Crippen molar-refractivity contribution in [1.82, 2.24) is 0 Å². The number of nitrogens with zero attached hydrogens (tertiary/aromatic N) is 1. The van der Waals surface area contributed by atoms with E-state index < -0.39 is 22.8 Å². The molecule has 0 fully saturated rings. The summed E-state index contributed by atoms with van der Waals surface area (Å²) in [5.41, 5.74) is 1.92. The highest BCUT2D eigenvalue weighted by Gasteiger charge is 2.28. The average Bonchev–Trinajstić information content (AvgIpc) is 2.81. The molecule has 0 saturated heterocycles. The Morgan fingerprint density at radius 1 is 0.818 bits per heavy atom. The lowest BCUT2D eigenvalue weighted by Crippen LogP contribution is -2.28. The molecular formula is C25H31NO7. The number of non-ortho nitro benzene ring substituents is 1. The second kappa shape index (κ2) is 13.9. The first-order valence-electron chi connectivity index (χ1n) is 11.3. The minimum absolute atomic E-state index is 0.0657. The fraction of sp³-hybridized carbons (Fsp3) is 0.440. The highest BCUT2D eigenvalue weighted by atomic mass is 16.6. The van der Waals surface area contributed by atoms with Crippen LogP contribution in [0.5, 0.6) is 5.75 Å². The molecule has 0 heterocycles. The van der Waals surface area contributed by atoms with E-state index in [1.807, 2.05) is 24.3 Å². The lowest BCUT2D eigenvalue weighted by atomic mass is 10.0. The molecule has 8 heteroatoms. The Bertz CT molecular complexity index is 876. The predicted octanol–water partition coefficient (Wildman–Crippen LogP) is 5.33. The summed E-state index contributed by atoms with van der Waals surface area (Å²) in [6, 6.07) is 14.0. The van der Waals surface area contributed by atoms with Gasteiger partial charge in [0.2, 0.25) is 0 Å². The van der Waals surface area contributed by atoms with Crippen LogP contribution in [0.15, 0.2) is 48.5 Å². The summed E-state index contributed by atoms with van der Waals surface area (Å²) in [6.45, 7) is 4.46. The Balaban J connectivity index is 1.69. The molecule has 0 atom stereocenters. The van der Waals surface area contributed by atoms with Crippen LogP contribution in [-0.2, 0) is 19.1 Å². The van der Waals surface area contributed by atoms with Gasteiger partial charge in [-0.25, -0.2) is 0 Å². The summed E-state index contributed by atoms with van der Waals surface area (Å²) < 4.78 is 15.7. The lowest BCUT2D eigenvalue weighted by Gasteiger charge is -2.14. The van der Waals surface area contributed by atoms with Gasteiger partial charge in [-0.05, 0) is 62.1 Å². The SMILES string of the molecule is CCOC(=O)C(CCCCCCOc1ccc(-c2ccc([N+](=O)[O-])cc2)cc1)C(=O)OCC. The Labute approximate surface area is 194 Å². The number of benzene rings is 2. The number of esters is 2. The monoisotopic (exact) mass is 457 g/mol. The van der Waals surface area contributed by atoms with Crippen LogP contribution in [0, 0.1) is 16.0 Å². The normalized spacial score (nSPS) is 10.6. The Hall–Kier alpha value is -3.42. The summed E-state index contributed by atoms with van der Waals surface area (Å²) >= 11 is 0. The minimum atomic E-state index is -0.851. The molecule has 33 heavy (non-hydrogen) atoms. The molecule has 0 N–H and O–H groups in total. The predicted molar refractivity (Wildman–Crippen MR) is 124 cm³/mol. The number of carbonyl (C=O) groups is 2. The van der Waals surface area contributed by atoms with E-state index in [4.69, 9.17) is 14.2 Å². The van der Waals surface area contributed by atoms with Crippen LogP contribution in [0.25, 0.3) is 11.1 Å². The number of rotatable bonds is 14. The molecule has 8 nitrogen and oxygen atoms in total. The van der Waals surface area contributed by atoms with Crippen molar-refractivity contribution >= 4 is 17.6 Å². The number of carbonyl (C=O) groups excluding carboxylic acids is 2. The summed E-state index contributed by atoms with van der Waals surface area (Å²) in [5.74, 6) is -1.13. The van der Waals surface area contributed by atoms with Gasteiger partial charge < -0.3 is 14.2 Å². The summed E-state index contributed by atoms with van der Waals surface area (Å²) in [7, 11) is 0. The Morgan fingerprint density at radius 2 is 1.33 bits per heavy atom. The summed E-state index contributed by atoms with van der Waals surface area (Å²) in [4.78, 5) is 34.3. The lowest BCUT2D eigenvalue weighted by molar-refractivity contribution is -0.384. The largest absolute Gasteiger partial charge is 0.494 e.